The van der Waals surface area contributed by atoms with Crippen LogP contribution < -0.4 is 4.90 Å². The summed E-state index contributed by atoms with van der Waals surface area (Å²) in [5, 5.41) is 5.17. The van der Waals surface area contributed by atoms with Gasteiger partial charge in [-0.15, -0.1) is 11.3 Å². The number of para-hydroxylation sites is 2. The van der Waals surface area contributed by atoms with Crippen LogP contribution in [0.2, 0.25) is 0 Å². The summed E-state index contributed by atoms with van der Waals surface area (Å²) in [6.45, 7) is 4.81. The van der Waals surface area contributed by atoms with E-state index in [0.717, 1.165) is 5.69 Å². The van der Waals surface area contributed by atoms with E-state index in [1.807, 2.05) is 11.3 Å². The Morgan fingerprint density at radius 2 is 0.850 bits per heavy atom. The third kappa shape index (κ3) is 5.40. The van der Waals surface area contributed by atoms with Gasteiger partial charge in [-0.05, 0) is 129 Å². The molecule has 0 saturated carbocycles. The number of hydrogen-bond acceptors (Lipinski definition) is 2. The zero-order valence-electron chi connectivity index (χ0n) is 33.4. The van der Waals surface area contributed by atoms with Crippen molar-refractivity contribution in [2.45, 2.75) is 19.3 Å². The van der Waals surface area contributed by atoms with Crippen molar-refractivity contribution in [3.05, 3.63) is 217 Å². The molecule has 0 saturated heterocycles. The van der Waals surface area contributed by atoms with Crippen LogP contribution in [-0.4, -0.2) is 4.57 Å². The fraction of sp³-hybridized carbons (Fsp3) is 0.0526. The molecular weight excluding hydrogens is 745 g/mol. The van der Waals surface area contributed by atoms with E-state index >= 15 is 0 Å². The third-order valence-electron chi connectivity index (χ3n) is 12.8. The standard InChI is InChI=1S/C57H40N2S/c1-57(2)49-35-41(39-23-29-52-47(33-39)45-17-9-11-19-51(45)58(52)43-15-7-4-8-16-43)24-30-53(49)59(44-27-21-38(22-28-44)37-13-5-3-6-14-37)54-31-25-42(36-50(54)57)40-26-32-56-48(34-40)46-18-10-12-20-55(46)60-56/h3-36H,1-2H3. The van der Waals surface area contributed by atoms with Gasteiger partial charge in [0.15, 0.2) is 0 Å². The third-order valence-corrected chi connectivity index (χ3v) is 13.9. The van der Waals surface area contributed by atoms with E-state index in [1.54, 1.807) is 0 Å². The van der Waals surface area contributed by atoms with Gasteiger partial charge >= 0.3 is 0 Å². The quantitative estimate of drug-likeness (QED) is 0.169. The highest BCUT2D eigenvalue weighted by molar-refractivity contribution is 7.25. The zero-order valence-corrected chi connectivity index (χ0v) is 34.2. The van der Waals surface area contributed by atoms with Crippen molar-refractivity contribution in [2.75, 3.05) is 4.90 Å². The first kappa shape index (κ1) is 34.8. The van der Waals surface area contributed by atoms with Gasteiger partial charge in [0.2, 0.25) is 0 Å². The Morgan fingerprint density at radius 3 is 1.57 bits per heavy atom. The van der Waals surface area contributed by atoms with E-state index in [1.165, 1.54) is 104 Å². The normalized spacial score (nSPS) is 13.3. The Balaban J connectivity index is 1.02. The maximum absolute atomic E-state index is 2.48. The molecule has 0 fully saturated rings. The van der Waals surface area contributed by atoms with E-state index in [-0.39, 0.29) is 5.41 Å². The lowest BCUT2D eigenvalue weighted by Crippen LogP contribution is -2.30. The SMILES string of the molecule is CC1(C)c2cc(-c3ccc4sc5ccccc5c4c3)ccc2N(c2ccc(-c3ccccc3)cc2)c2ccc(-c3ccc4c(c3)c3ccccc3n4-c3ccccc3)cc21. The second-order valence-electron chi connectivity index (χ2n) is 16.6. The molecule has 1 aliphatic heterocycles. The summed E-state index contributed by atoms with van der Waals surface area (Å²) in [4.78, 5) is 2.48. The maximum atomic E-state index is 2.48. The molecule has 3 heteroatoms. The number of fused-ring (bicyclic) bond motifs is 8. The van der Waals surface area contributed by atoms with Gasteiger partial charge in [-0.1, -0.05) is 135 Å². The minimum absolute atomic E-state index is 0.288. The largest absolute Gasteiger partial charge is 0.310 e. The van der Waals surface area contributed by atoms with E-state index in [0.29, 0.717) is 0 Å². The number of hydrogen-bond donors (Lipinski definition) is 0. The molecular formula is C57H40N2S. The lowest BCUT2D eigenvalue weighted by molar-refractivity contribution is 0.632. The van der Waals surface area contributed by atoms with Crippen LogP contribution in [0.25, 0.3) is 81.0 Å². The molecule has 284 valence electrons. The van der Waals surface area contributed by atoms with Crippen LogP contribution >= 0.6 is 11.3 Å². The number of nitrogens with zero attached hydrogens (tertiary/aromatic N) is 2. The topological polar surface area (TPSA) is 8.17 Å². The number of benzene rings is 9. The smallest absolute Gasteiger partial charge is 0.0541 e. The Hall–Kier alpha value is -7.20. The minimum Gasteiger partial charge on any atom is -0.310 e. The summed E-state index contributed by atoms with van der Waals surface area (Å²) >= 11 is 1.87. The fourth-order valence-corrected chi connectivity index (χ4v) is 10.8. The Morgan fingerprint density at radius 1 is 0.350 bits per heavy atom. The van der Waals surface area contributed by atoms with Gasteiger partial charge < -0.3 is 9.47 Å². The number of rotatable bonds is 5. The first-order valence-electron chi connectivity index (χ1n) is 20.7. The van der Waals surface area contributed by atoms with Crippen LogP contribution in [0.5, 0.6) is 0 Å². The van der Waals surface area contributed by atoms with Gasteiger partial charge in [-0.2, -0.15) is 0 Å². The molecule has 11 aromatic rings. The number of aromatic nitrogens is 1. The molecule has 0 aliphatic carbocycles. The average Bonchev–Trinajstić information content (AvgIpc) is 3.85. The summed E-state index contributed by atoms with van der Waals surface area (Å²) in [5.41, 5.74) is 16.9. The van der Waals surface area contributed by atoms with Crippen molar-refractivity contribution in [1.29, 1.82) is 0 Å². The van der Waals surface area contributed by atoms with E-state index in [9.17, 15) is 0 Å². The highest BCUT2D eigenvalue weighted by Gasteiger charge is 2.37. The maximum Gasteiger partial charge on any atom is 0.0541 e. The van der Waals surface area contributed by atoms with Gasteiger partial charge in [0.25, 0.3) is 0 Å². The van der Waals surface area contributed by atoms with E-state index < -0.39 is 0 Å². The van der Waals surface area contributed by atoms with Crippen molar-refractivity contribution < 1.29 is 0 Å². The van der Waals surface area contributed by atoms with Crippen LogP contribution in [0.4, 0.5) is 17.1 Å². The lowest BCUT2D eigenvalue weighted by Gasteiger charge is -2.42. The second kappa shape index (κ2) is 13.4. The monoisotopic (exact) mass is 784 g/mol. The highest BCUT2D eigenvalue weighted by Crippen LogP contribution is 2.54. The summed E-state index contributed by atoms with van der Waals surface area (Å²) in [6.07, 6.45) is 0. The van der Waals surface area contributed by atoms with Crippen LogP contribution in [0.1, 0.15) is 25.0 Å². The van der Waals surface area contributed by atoms with Gasteiger partial charge in [0.1, 0.15) is 0 Å². The van der Waals surface area contributed by atoms with Crippen molar-refractivity contribution in [2.24, 2.45) is 0 Å². The highest BCUT2D eigenvalue weighted by atomic mass is 32.1. The predicted molar refractivity (Wildman–Crippen MR) is 257 cm³/mol. The van der Waals surface area contributed by atoms with Gasteiger partial charge in [0.05, 0.1) is 22.4 Å². The molecule has 0 N–H and O–H groups in total. The summed E-state index contributed by atoms with van der Waals surface area (Å²) in [7, 11) is 0. The second-order valence-corrected chi connectivity index (χ2v) is 17.7. The molecule has 0 spiro atoms. The van der Waals surface area contributed by atoms with Crippen LogP contribution in [0.3, 0.4) is 0 Å². The average molecular weight is 785 g/mol. The summed E-state index contributed by atoms with van der Waals surface area (Å²) in [5.74, 6) is 0. The molecule has 0 atom stereocenters. The number of thiophene rings is 1. The van der Waals surface area contributed by atoms with Crippen LogP contribution in [0.15, 0.2) is 206 Å². The van der Waals surface area contributed by atoms with E-state index in [2.05, 4.69) is 230 Å². The van der Waals surface area contributed by atoms with Crippen molar-refractivity contribution in [3.8, 4) is 39.1 Å². The summed E-state index contributed by atoms with van der Waals surface area (Å²) < 4.78 is 5.05. The Labute approximate surface area is 353 Å². The molecule has 0 bridgehead atoms. The fourth-order valence-electron chi connectivity index (χ4n) is 9.72. The molecule has 0 amide bonds. The van der Waals surface area contributed by atoms with Gasteiger partial charge in [-0.25, -0.2) is 0 Å². The molecule has 12 rings (SSSR count). The first-order chi connectivity index (χ1) is 29.5. The molecule has 0 radical (unpaired) electrons. The van der Waals surface area contributed by atoms with Gasteiger partial charge in [-0.3, -0.25) is 0 Å². The van der Waals surface area contributed by atoms with Crippen LogP contribution in [-0.2, 0) is 5.41 Å². The van der Waals surface area contributed by atoms with Gasteiger partial charge in [0, 0.05) is 47.7 Å². The Kier molecular flexibility index (Phi) is 7.79. The Bertz CT molecular complexity index is 3450. The first-order valence-corrected chi connectivity index (χ1v) is 21.6. The number of anilines is 3. The molecule has 60 heavy (non-hydrogen) atoms. The zero-order chi connectivity index (χ0) is 40.0. The van der Waals surface area contributed by atoms with Crippen LogP contribution in [0, 0.1) is 0 Å². The molecule has 3 heterocycles. The molecule has 2 aromatic heterocycles. The van der Waals surface area contributed by atoms with E-state index in [4.69, 9.17) is 0 Å². The minimum atomic E-state index is -0.288. The lowest BCUT2D eigenvalue weighted by atomic mass is 9.72. The molecule has 0 unspecified atom stereocenters. The van der Waals surface area contributed by atoms with Crippen molar-refractivity contribution >= 4 is 70.4 Å². The van der Waals surface area contributed by atoms with Crippen molar-refractivity contribution in [1.82, 2.24) is 4.57 Å². The molecule has 1 aliphatic rings. The predicted octanol–water partition coefficient (Wildman–Crippen LogP) is 16.3. The molecule has 9 aromatic carbocycles. The van der Waals surface area contributed by atoms with Crippen molar-refractivity contribution in [3.63, 3.8) is 0 Å². The molecule has 2 nitrogen and oxygen atoms in total. The summed E-state index contributed by atoms with van der Waals surface area (Å²) in [6, 6.07) is 76.2.